The highest BCUT2D eigenvalue weighted by molar-refractivity contribution is 6.31. The van der Waals surface area contributed by atoms with Gasteiger partial charge in [0, 0.05) is 13.6 Å². The Morgan fingerprint density at radius 2 is 1.93 bits per heavy atom. The average molecular weight is 207 g/mol. The van der Waals surface area contributed by atoms with Crippen molar-refractivity contribution in [2.75, 3.05) is 7.05 Å². The van der Waals surface area contributed by atoms with Crippen LogP contribution >= 0.6 is 0 Å². The average Bonchev–Trinajstić information content (AvgIpc) is 2.20. The molecule has 0 aliphatic carbocycles. The van der Waals surface area contributed by atoms with E-state index < -0.39 is 11.9 Å². The van der Waals surface area contributed by atoms with Crippen molar-refractivity contribution in [2.45, 2.75) is 13.5 Å². The topological polar surface area (TPSA) is 57.6 Å². The van der Waals surface area contributed by atoms with E-state index >= 15 is 0 Å². The summed E-state index contributed by atoms with van der Waals surface area (Å²) in [6.07, 6.45) is 0. The fraction of sp³-hybridized carbons (Fsp3) is 0.273. The smallest absolute Gasteiger partial charge is 0.394 e. The third-order valence-corrected chi connectivity index (χ3v) is 2.20. The summed E-state index contributed by atoms with van der Waals surface area (Å²) in [5, 5.41) is 8.51. The molecule has 1 aromatic rings. The summed E-state index contributed by atoms with van der Waals surface area (Å²) in [5.41, 5.74) is 2.00. The number of aliphatic carboxylic acids is 1. The zero-order valence-corrected chi connectivity index (χ0v) is 8.73. The number of rotatable bonds is 2. The molecule has 0 heterocycles. The Bertz CT molecular complexity index is 387. The number of hydrogen-bond donors (Lipinski definition) is 1. The highest BCUT2D eigenvalue weighted by atomic mass is 16.4. The molecule has 0 saturated carbocycles. The van der Waals surface area contributed by atoms with E-state index in [0.29, 0.717) is 6.54 Å². The van der Waals surface area contributed by atoms with E-state index in [2.05, 4.69) is 0 Å². The molecule has 0 aliphatic heterocycles. The first kappa shape index (κ1) is 11.2. The maximum Gasteiger partial charge on any atom is 0.394 e. The molecule has 4 nitrogen and oxygen atoms in total. The van der Waals surface area contributed by atoms with Crippen molar-refractivity contribution >= 4 is 11.9 Å². The van der Waals surface area contributed by atoms with Gasteiger partial charge in [0.15, 0.2) is 0 Å². The number of amides is 1. The van der Waals surface area contributed by atoms with Gasteiger partial charge in [0.1, 0.15) is 0 Å². The molecule has 0 aromatic heterocycles. The minimum Gasteiger partial charge on any atom is -0.474 e. The number of likely N-dealkylation sites (N-methyl/N-ethyl adjacent to an activating group) is 1. The molecule has 0 saturated heterocycles. The van der Waals surface area contributed by atoms with E-state index in [-0.39, 0.29) is 0 Å². The van der Waals surface area contributed by atoms with Crippen LogP contribution in [0.5, 0.6) is 0 Å². The first-order valence-electron chi connectivity index (χ1n) is 4.55. The van der Waals surface area contributed by atoms with Crippen LogP contribution < -0.4 is 0 Å². The number of carboxylic acid groups (broad SMARTS) is 1. The van der Waals surface area contributed by atoms with Gasteiger partial charge in [0.25, 0.3) is 0 Å². The number of carbonyl (C=O) groups excluding carboxylic acids is 1. The van der Waals surface area contributed by atoms with Gasteiger partial charge in [-0.3, -0.25) is 4.79 Å². The third kappa shape index (κ3) is 2.80. The minimum atomic E-state index is -1.42. The number of carboxylic acids is 1. The number of carbonyl (C=O) groups is 2. The molecule has 4 heteroatoms. The van der Waals surface area contributed by atoms with Crippen molar-refractivity contribution in [3.05, 3.63) is 35.4 Å². The normalized spacial score (nSPS) is 9.73. The molecule has 1 aromatic carbocycles. The van der Waals surface area contributed by atoms with E-state index in [1.165, 1.54) is 11.9 Å². The van der Waals surface area contributed by atoms with Crippen molar-refractivity contribution in [3.8, 4) is 0 Å². The van der Waals surface area contributed by atoms with E-state index in [4.69, 9.17) is 5.11 Å². The lowest BCUT2D eigenvalue weighted by atomic mass is 10.1. The van der Waals surface area contributed by atoms with Gasteiger partial charge in [-0.1, -0.05) is 24.3 Å². The molecule has 15 heavy (non-hydrogen) atoms. The maximum atomic E-state index is 11.1. The zero-order valence-electron chi connectivity index (χ0n) is 8.73. The molecule has 0 aliphatic rings. The summed E-state index contributed by atoms with van der Waals surface area (Å²) in [4.78, 5) is 22.7. The second-order valence-electron chi connectivity index (χ2n) is 3.39. The van der Waals surface area contributed by atoms with Crippen LogP contribution in [0.2, 0.25) is 0 Å². The quantitative estimate of drug-likeness (QED) is 0.737. The Labute approximate surface area is 88.1 Å². The summed E-state index contributed by atoms with van der Waals surface area (Å²) in [6.45, 7) is 2.24. The van der Waals surface area contributed by atoms with Gasteiger partial charge in [-0.15, -0.1) is 0 Å². The Hall–Kier alpha value is -1.84. The molecule has 0 spiro atoms. The molecule has 0 radical (unpaired) electrons. The highest BCUT2D eigenvalue weighted by Gasteiger charge is 2.17. The molecule has 80 valence electrons. The zero-order chi connectivity index (χ0) is 11.4. The van der Waals surface area contributed by atoms with Crippen LogP contribution in [-0.2, 0) is 16.1 Å². The van der Waals surface area contributed by atoms with Gasteiger partial charge in [0.2, 0.25) is 0 Å². The van der Waals surface area contributed by atoms with Crippen LogP contribution in [0, 0.1) is 6.92 Å². The van der Waals surface area contributed by atoms with Crippen LogP contribution in [0.4, 0.5) is 0 Å². The van der Waals surface area contributed by atoms with Crippen molar-refractivity contribution in [1.29, 1.82) is 0 Å². The first-order valence-corrected chi connectivity index (χ1v) is 4.55. The van der Waals surface area contributed by atoms with Gasteiger partial charge in [0.05, 0.1) is 0 Å². The van der Waals surface area contributed by atoms with E-state index in [1.807, 2.05) is 31.2 Å². The molecule has 1 N–H and O–H groups in total. The van der Waals surface area contributed by atoms with Crippen LogP contribution in [0.15, 0.2) is 24.3 Å². The third-order valence-electron chi connectivity index (χ3n) is 2.20. The molecular formula is C11H13NO3. The van der Waals surface area contributed by atoms with Gasteiger partial charge in [-0.05, 0) is 18.1 Å². The summed E-state index contributed by atoms with van der Waals surface area (Å²) in [5.74, 6) is -2.32. The van der Waals surface area contributed by atoms with E-state index in [0.717, 1.165) is 11.1 Å². The maximum absolute atomic E-state index is 11.1. The van der Waals surface area contributed by atoms with Crippen LogP contribution in [-0.4, -0.2) is 28.9 Å². The monoisotopic (exact) mass is 207 g/mol. The van der Waals surface area contributed by atoms with Crippen molar-refractivity contribution < 1.29 is 14.7 Å². The number of aryl methyl sites for hydroxylation is 1. The summed E-state index contributed by atoms with van der Waals surface area (Å²) >= 11 is 0. The Balaban J connectivity index is 2.75. The second kappa shape index (κ2) is 4.59. The van der Waals surface area contributed by atoms with Gasteiger partial charge < -0.3 is 10.0 Å². The standard InChI is InChI=1S/C11H13NO3/c1-8-5-3-4-6-9(8)7-12(2)10(13)11(14)15/h3-6H,7H2,1-2H3,(H,14,15). The molecule has 1 amide bonds. The van der Waals surface area contributed by atoms with Crippen molar-refractivity contribution in [2.24, 2.45) is 0 Å². The van der Waals surface area contributed by atoms with Crippen molar-refractivity contribution in [1.82, 2.24) is 4.90 Å². The van der Waals surface area contributed by atoms with Gasteiger partial charge in [-0.2, -0.15) is 0 Å². The van der Waals surface area contributed by atoms with Crippen molar-refractivity contribution in [3.63, 3.8) is 0 Å². The summed E-state index contributed by atoms with van der Waals surface area (Å²) in [6, 6.07) is 7.56. The SMILES string of the molecule is Cc1ccccc1CN(C)C(=O)C(=O)O. The number of nitrogens with zero attached hydrogens (tertiary/aromatic N) is 1. The summed E-state index contributed by atoms with van der Waals surface area (Å²) in [7, 11) is 1.48. The number of benzene rings is 1. The molecule has 0 unspecified atom stereocenters. The largest absolute Gasteiger partial charge is 0.474 e. The molecule has 0 bridgehead atoms. The Morgan fingerprint density at radius 1 is 1.33 bits per heavy atom. The lowest BCUT2D eigenvalue weighted by Crippen LogP contribution is -2.32. The minimum absolute atomic E-state index is 0.317. The molecule has 0 fully saturated rings. The van der Waals surface area contributed by atoms with E-state index in [1.54, 1.807) is 0 Å². The van der Waals surface area contributed by atoms with Crippen LogP contribution in [0.25, 0.3) is 0 Å². The fourth-order valence-electron chi connectivity index (χ4n) is 1.28. The Kier molecular flexibility index (Phi) is 3.44. The van der Waals surface area contributed by atoms with Crippen LogP contribution in [0.1, 0.15) is 11.1 Å². The lowest BCUT2D eigenvalue weighted by Gasteiger charge is -2.15. The number of hydrogen-bond acceptors (Lipinski definition) is 2. The lowest BCUT2D eigenvalue weighted by molar-refractivity contribution is -0.155. The molecule has 0 atom stereocenters. The second-order valence-corrected chi connectivity index (χ2v) is 3.39. The predicted molar refractivity (Wildman–Crippen MR) is 55.3 cm³/mol. The first-order chi connectivity index (χ1) is 7.02. The van der Waals surface area contributed by atoms with Crippen LogP contribution in [0.3, 0.4) is 0 Å². The fourth-order valence-corrected chi connectivity index (χ4v) is 1.28. The summed E-state index contributed by atoms with van der Waals surface area (Å²) < 4.78 is 0. The van der Waals surface area contributed by atoms with Gasteiger partial charge in [-0.25, -0.2) is 4.79 Å². The Morgan fingerprint density at radius 3 is 2.47 bits per heavy atom. The predicted octanol–water partition coefficient (Wildman–Crippen LogP) is 1.04. The molecular weight excluding hydrogens is 194 g/mol. The van der Waals surface area contributed by atoms with Gasteiger partial charge >= 0.3 is 11.9 Å². The molecule has 1 rings (SSSR count). The highest BCUT2D eigenvalue weighted by Crippen LogP contribution is 2.09. The van der Waals surface area contributed by atoms with E-state index in [9.17, 15) is 9.59 Å².